The number of pyridine rings is 1. The lowest BCUT2D eigenvalue weighted by Crippen LogP contribution is -2.41. The summed E-state index contributed by atoms with van der Waals surface area (Å²) < 4.78 is 5.76. The Hall–Kier alpha value is -3.09. The number of aliphatic carboxylic acids is 1. The van der Waals surface area contributed by atoms with Gasteiger partial charge in [-0.25, -0.2) is 4.79 Å². The van der Waals surface area contributed by atoms with E-state index in [0.29, 0.717) is 12.4 Å². The molecule has 1 aromatic heterocycles. The van der Waals surface area contributed by atoms with Crippen LogP contribution in [0.5, 0.6) is 5.75 Å². The Morgan fingerprint density at radius 3 is 2.67 bits per heavy atom. The molecular weight excluding hydrogens is 346 g/mol. The summed E-state index contributed by atoms with van der Waals surface area (Å²) in [5.41, 5.74) is 1.72. The number of rotatable bonds is 8. The maximum atomic E-state index is 12.3. The second kappa shape index (κ2) is 9.56. The lowest BCUT2D eigenvalue weighted by molar-refractivity contribution is -0.141. The van der Waals surface area contributed by atoms with Crippen molar-refractivity contribution in [2.24, 2.45) is 5.92 Å². The zero-order chi connectivity index (χ0) is 19.8. The largest absolute Gasteiger partial charge is 0.487 e. The van der Waals surface area contributed by atoms with Crippen LogP contribution < -0.4 is 10.1 Å². The van der Waals surface area contributed by atoms with Crippen LogP contribution in [0.4, 0.5) is 4.79 Å². The van der Waals surface area contributed by atoms with E-state index in [1.54, 1.807) is 20.2 Å². The zero-order valence-electron chi connectivity index (χ0n) is 15.8. The Bertz CT molecular complexity index is 767. The van der Waals surface area contributed by atoms with Crippen molar-refractivity contribution in [2.75, 3.05) is 13.6 Å². The van der Waals surface area contributed by atoms with Gasteiger partial charge in [0.1, 0.15) is 12.4 Å². The van der Waals surface area contributed by atoms with Gasteiger partial charge in [-0.15, -0.1) is 0 Å². The van der Waals surface area contributed by atoms with Crippen molar-refractivity contribution in [3.05, 3.63) is 59.9 Å². The summed E-state index contributed by atoms with van der Waals surface area (Å²) in [5, 5.41) is 11.8. The molecule has 0 aliphatic rings. The summed E-state index contributed by atoms with van der Waals surface area (Å²) in [6.45, 7) is 3.93. The molecule has 2 rings (SSSR count). The molecule has 2 N–H and O–H groups in total. The van der Waals surface area contributed by atoms with Crippen molar-refractivity contribution in [3.8, 4) is 5.75 Å². The predicted molar refractivity (Wildman–Crippen MR) is 101 cm³/mol. The third-order valence-electron chi connectivity index (χ3n) is 4.13. The minimum Gasteiger partial charge on any atom is -0.487 e. The van der Waals surface area contributed by atoms with Crippen LogP contribution in [-0.2, 0) is 11.4 Å². The van der Waals surface area contributed by atoms with Gasteiger partial charge in [-0.1, -0.05) is 25.1 Å². The summed E-state index contributed by atoms with van der Waals surface area (Å²) in [7, 11) is 1.58. The first-order valence-electron chi connectivity index (χ1n) is 8.74. The first-order valence-corrected chi connectivity index (χ1v) is 8.74. The molecule has 144 valence electrons. The fourth-order valence-electron chi connectivity index (χ4n) is 2.46. The molecule has 7 nitrogen and oxygen atoms in total. The van der Waals surface area contributed by atoms with Gasteiger partial charge in [0.05, 0.1) is 17.7 Å². The number of ether oxygens (including phenoxy) is 1. The van der Waals surface area contributed by atoms with Crippen LogP contribution in [0.1, 0.15) is 31.1 Å². The number of hydrogen-bond donors (Lipinski definition) is 2. The lowest BCUT2D eigenvalue weighted by atomic mass is 10.1. The molecule has 0 radical (unpaired) electrons. The van der Waals surface area contributed by atoms with Crippen molar-refractivity contribution >= 4 is 12.0 Å². The highest BCUT2D eigenvalue weighted by Crippen LogP contribution is 2.20. The standard InChI is InChI=1S/C20H25N3O4/c1-14(19(24)25)12-23(3)20(26)22-15(2)16-7-6-9-18(11-16)27-13-17-8-4-5-10-21-17/h4-11,14-15H,12-13H2,1-3H3,(H,22,26)(H,24,25). The van der Waals surface area contributed by atoms with Crippen molar-refractivity contribution in [2.45, 2.75) is 26.5 Å². The van der Waals surface area contributed by atoms with E-state index in [9.17, 15) is 9.59 Å². The molecule has 0 aliphatic carbocycles. The molecule has 0 saturated carbocycles. The number of nitrogens with zero attached hydrogens (tertiary/aromatic N) is 2. The zero-order valence-corrected chi connectivity index (χ0v) is 15.8. The average molecular weight is 371 g/mol. The number of carboxylic acid groups (broad SMARTS) is 1. The molecule has 27 heavy (non-hydrogen) atoms. The Kier molecular flexibility index (Phi) is 7.16. The first-order chi connectivity index (χ1) is 12.9. The van der Waals surface area contributed by atoms with E-state index in [4.69, 9.17) is 9.84 Å². The highest BCUT2D eigenvalue weighted by Gasteiger charge is 2.19. The van der Waals surface area contributed by atoms with Gasteiger partial charge < -0.3 is 20.1 Å². The maximum Gasteiger partial charge on any atom is 0.317 e. The van der Waals surface area contributed by atoms with Gasteiger partial charge in [0.25, 0.3) is 0 Å². The van der Waals surface area contributed by atoms with Crippen LogP contribution in [-0.4, -0.2) is 40.6 Å². The van der Waals surface area contributed by atoms with Gasteiger partial charge in [0.2, 0.25) is 0 Å². The first kappa shape index (κ1) is 20.2. The maximum absolute atomic E-state index is 12.3. The van der Waals surface area contributed by atoms with Crippen molar-refractivity contribution < 1.29 is 19.4 Å². The quantitative estimate of drug-likeness (QED) is 0.744. The number of carboxylic acids is 1. The van der Waals surface area contributed by atoms with Gasteiger partial charge in [-0.3, -0.25) is 9.78 Å². The molecule has 0 spiro atoms. The number of carbonyl (C=O) groups is 2. The second-order valence-electron chi connectivity index (χ2n) is 6.47. The normalized spacial score (nSPS) is 12.7. The van der Waals surface area contributed by atoms with Crippen LogP contribution in [0.2, 0.25) is 0 Å². The third kappa shape index (κ3) is 6.29. The molecule has 1 heterocycles. The van der Waals surface area contributed by atoms with E-state index < -0.39 is 11.9 Å². The number of amides is 2. The monoisotopic (exact) mass is 371 g/mol. The highest BCUT2D eigenvalue weighted by molar-refractivity contribution is 5.76. The topological polar surface area (TPSA) is 91.8 Å². The number of carbonyl (C=O) groups excluding carboxylic acids is 1. The van der Waals surface area contributed by atoms with Crippen molar-refractivity contribution in [3.63, 3.8) is 0 Å². The molecule has 2 aromatic rings. The summed E-state index contributed by atoms with van der Waals surface area (Å²) in [6, 6.07) is 12.6. The molecule has 0 saturated heterocycles. The minimum absolute atomic E-state index is 0.140. The van der Waals surface area contributed by atoms with Crippen LogP contribution in [0.25, 0.3) is 0 Å². The number of hydrogen-bond acceptors (Lipinski definition) is 4. The Morgan fingerprint density at radius 1 is 1.22 bits per heavy atom. The Labute approximate surface area is 159 Å². The van der Waals surface area contributed by atoms with E-state index in [1.165, 1.54) is 4.90 Å². The highest BCUT2D eigenvalue weighted by atomic mass is 16.5. The summed E-state index contributed by atoms with van der Waals surface area (Å²) in [6.07, 6.45) is 1.72. The number of urea groups is 1. The third-order valence-corrected chi connectivity index (χ3v) is 4.13. The average Bonchev–Trinajstić information content (AvgIpc) is 2.67. The van der Waals surface area contributed by atoms with Crippen molar-refractivity contribution in [1.82, 2.24) is 15.2 Å². The number of nitrogens with one attached hydrogen (secondary N) is 1. The summed E-state index contributed by atoms with van der Waals surface area (Å²) in [4.78, 5) is 28.8. The van der Waals surface area contributed by atoms with E-state index in [-0.39, 0.29) is 18.6 Å². The van der Waals surface area contributed by atoms with Crippen LogP contribution in [0.15, 0.2) is 48.7 Å². The Morgan fingerprint density at radius 2 is 2.00 bits per heavy atom. The molecule has 1 aromatic carbocycles. The molecule has 2 amide bonds. The van der Waals surface area contributed by atoms with Gasteiger partial charge in [-0.05, 0) is 36.8 Å². The van der Waals surface area contributed by atoms with E-state index in [1.807, 2.05) is 49.4 Å². The number of aromatic nitrogens is 1. The van der Waals surface area contributed by atoms with Gasteiger partial charge in [0.15, 0.2) is 0 Å². The summed E-state index contributed by atoms with van der Waals surface area (Å²) >= 11 is 0. The van der Waals surface area contributed by atoms with Crippen LogP contribution in [0, 0.1) is 5.92 Å². The predicted octanol–water partition coefficient (Wildman–Crippen LogP) is 3.08. The van der Waals surface area contributed by atoms with Crippen LogP contribution >= 0.6 is 0 Å². The molecule has 2 unspecified atom stereocenters. The molecule has 0 fully saturated rings. The second-order valence-corrected chi connectivity index (χ2v) is 6.47. The van der Waals surface area contributed by atoms with Gasteiger partial charge in [-0.2, -0.15) is 0 Å². The van der Waals surface area contributed by atoms with Gasteiger partial charge >= 0.3 is 12.0 Å². The van der Waals surface area contributed by atoms with Crippen LogP contribution in [0.3, 0.4) is 0 Å². The minimum atomic E-state index is -0.930. The molecule has 0 aliphatic heterocycles. The van der Waals surface area contributed by atoms with Gasteiger partial charge in [0, 0.05) is 19.8 Å². The number of benzene rings is 1. The fourth-order valence-corrected chi connectivity index (χ4v) is 2.46. The van der Waals surface area contributed by atoms with E-state index in [2.05, 4.69) is 10.3 Å². The van der Waals surface area contributed by atoms with E-state index >= 15 is 0 Å². The molecule has 2 atom stereocenters. The SMILES string of the molecule is CC(CN(C)C(=O)NC(C)c1cccc(OCc2ccccn2)c1)C(=O)O. The Balaban J connectivity index is 1.93. The molecule has 7 heteroatoms. The fraction of sp³-hybridized carbons (Fsp3) is 0.350. The summed E-state index contributed by atoms with van der Waals surface area (Å²) in [5.74, 6) is -0.869. The lowest BCUT2D eigenvalue weighted by Gasteiger charge is -2.23. The molecule has 0 bridgehead atoms. The van der Waals surface area contributed by atoms with E-state index in [0.717, 1.165) is 11.3 Å². The smallest absolute Gasteiger partial charge is 0.317 e. The van der Waals surface area contributed by atoms with Crippen molar-refractivity contribution in [1.29, 1.82) is 0 Å². The molecular formula is C20H25N3O4.